The van der Waals surface area contributed by atoms with Crippen molar-refractivity contribution in [3.63, 3.8) is 0 Å². The Kier molecular flexibility index (Phi) is 16.5. The maximum absolute atomic E-state index is 11.5. The maximum atomic E-state index is 11.5. The Hall–Kier alpha value is -4.61. The predicted octanol–water partition coefficient (Wildman–Crippen LogP) is 9.52. The first kappa shape index (κ1) is 40.4. The van der Waals surface area contributed by atoms with Crippen LogP contribution in [-0.2, 0) is 17.9 Å². The average molecular weight is 635 g/mol. The maximum Gasteiger partial charge on any atom is 0.212 e. The molecule has 0 fully saturated rings. The average Bonchev–Trinajstić information content (AvgIpc) is 3.03. The van der Waals surface area contributed by atoms with Crippen molar-refractivity contribution < 1.29 is 4.79 Å². The number of carbonyl (C=O) groups is 1. The Bertz CT molecular complexity index is 1530. The van der Waals surface area contributed by atoms with Crippen LogP contribution in [0.5, 0.6) is 0 Å². The van der Waals surface area contributed by atoms with Crippen LogP contribution in [0.3, 0.4) is 0 Å². The van der Waals surface area contributed by atoms with Crippen molar-refractivity contribution in [2.24, 2.45) is 5.73 Å². The minimum Gasteiger partial charge on any atom is -0.394 e. The quantitative estimate of drug-likeness (QED) is 0.0946. The minimum atomic E-state index is -0.257. The van der Waals surface area contributed by atoms with Crippen molar-refractivity contribution in [3.05, 3.63) is 161 Å². The van der Waals surface area contributed by atoms with Crippen molar-refractivity contribution in [3.8, 4) is 0 Å². The van der Waals surface area contributed by atoms with Crippen LogP contribution >= 0.6 is 0 Å². The molecule has 3 rings (SSSR count). The Labute approximate surface area is 285 Å². The van der Waals surface area contributed by atoms with Crippen LogP contribution in [0.1, 0.15) is 90.1 Å². The number of carbonyl (C=O) groups excluding carboxylic acids is 1. The zero-order valence-corrected chi connectivity index (χ0v) is 30.2. The first-order valence-electron chi connectivity index (χ1n) is 16.1. The number of ketones is 1. The lowest BCUT2D eigenvalue weighted by Crippen LogP contribution is -2.40. The van der Waals surface area contributed by atoms with Crippen LogP contribution in [0.4, 0.5) is 0 Å². The van der Waals surface area contributed by atoms with Gasteiger partial charge in [0.15, 0.2) is 0 Å². The van der Waals surface area contributed by atoms with Crippen LogP contribution in [-0.4, -0.2) is 11.3 Å². The largest absolute Gasteiger partial charge is 0.394 e. The van der Waals surface area contributed by atoms with Gasteiger partial charge >= 0.3 is 0 Å². The molecule has 1 aliphatic rings. The molecule has 0 aliphatic heterocycles. The van der Waals surface area contributed by atoms with Crippen LogP contribution in [0.15, 0.2) is 139 Å². The number of nitrogens with two attached hydrogens (primary N) is 1. The van der Waals surface area contributed by atoms with Gasteiger partial charge in [-0.1, -0.05) is 111 Å². The molecular weight excluding hydrogens is 576 g/mol. The van der Waals surface area contributed by atoms with Crippen LogP contribution < -0.4 is 21.7 Å². The van der Waals surface area contributed by atoms with E-state index in [1.807, 2.05) is 39.0 Å². The van der Waals surface area contributed by atoms with Crippen molar-refractivity contribution in [1.82, 2.24) is 16.0 Å². The molecule has 0 bridgehead atoms. The summed E-state index contributed by atoms with van der Waals surface area (Å²) in [5, 5.41) is 10.3. The van der Waals surface area contributed by atoms with Crippen molar-refractivity contribution in [2.75, 3.05) is 0 Å². The minimum absolute atomic E-state index is 0.107. The summed E-state index contributed by atoms with van der Waals surface area (Å²) in [6.45, 7) is 41.1. The number of nitrogens with one attached hydrogen (secondary N) is 3. The number of hydrogen-bond donors (Lipinski definition) is 4. The molecule has 5 nitrogen and oxygen atoms in total. The Balaban J connectivity index is 0.00000108. The van der Waals surface area contributed by atoms with Gasteiger partial charge in [-0.25, -0.2) is 0 Å². The highest BCUT2D eigenvalue weighted by Gasteiger charge is 2.29. The van der Waals surface area contributed by atoms with E-state index in [1.54, 1.807) is 0 Å². The summed E-state index contributed by atoms with van der Waals surface area (Å²) in [5.41, 5.74) is 16.6. The highest BCUT2D eigenvalue weighted by atomic mass is 16.1. The van der Waals surface area contributed by atoms with Gasteiger partial charge in [0.2, 0.25) is 5.78 Å². The molecule has 2 aromatic carbocycles. The number of Topliss-reactive ketones (excluding diaryl/α,β-unsaturated/α-hetero) is 1. The van der Waals surface area contributed by atoms with Gasteiger partial charge < -0.3 is 21.7 Å². The Morgan fingerprint density at radius 2 is 1.49 bits per heavy atom. The van der Waals surface area contributed by atoms with Gasteiger partial charge in [-0.05, 0) is 82.7 Å². The zero-order chi connectivity index (χ0) is 35.9. The van der Waals surface area contributed by atoms with E-state index >= 15 is 0 Å². The standard InChI is InChI=1S/C33H40N4O.C5H10.C4H8/c1-9-26-13-15-29(16-14-26)25(6)37-24(5)21(2)17-22(3)33(7,8)36-20-28-12-10-11-27(18-28)19-35-31-23(4)32(38)30(31)34;1-4-5(2)3;1-4(2)3/h9-18,25,35-37H,1-2,4-5,19-20,34H2,3,6-8H3;2,4H2,1,3H3;1H2,2-3H3/b22-17+;;. The number of allylic oxidation sites excluding steroid dienone is 5. The van der Waals surface area contributed by atoms with E-state index < -0.39 is 0 Å². The molecular formula is C42H58N4O. The van der Waals surface area contributed by atoms with Gasteiger partial charge in [-0.3, -0.25) is 4.79 Å². The highest BCUT2D eigenvalue weighted by Crippen LogP contribution is 2.24. The van der Waals surface area contributed by atoms with Crippen LogP contribution in [0.25, 0.3) is 6.08 Å². The van der Waals surface area contributed by atoms with Gasteiger partial charge in [0, 0.05) is 35.9 Å². The van der Waals surface area contributed by atoms with E-state index in [0.29, 0.717) is 24.4 Å². The summed E-state index contributed by atoms with van der Waals surface area (Å²) in [6.07, 6.45) is 5.04. The third kappa shape index (κ3) is 13.7. The van der Waals surface area contributed by atoms with E-state index in [4.69, 9.17) is 5.73 Å². The van der Waals surface area contributed by atoms with Crippen molar-refractivity contribution >= 4 is 11.9 Å². The third-order valence-corrected chi connectivity index (χ3v) is 7.72. The van der Waals surface area contributed by atoms with Crippen LogP contribution in [0, 0.1) is 0 Å². The van der Waals surface area contributed by atoms with Gasteiger partial charge in [-0.2, -0.15) is 0 Å². The van der Waals surface area contributed by atoms with Crippen molar-refractivity contribution in [1.29, 1.82) is 0 Å². The van der Waals surface area contributed by atoms with Gasteiger partial charge in [0.05, 0.1) is 5.70 Å². The fourth-order valence-corrected chi connectivity index (χ4v) is 4.08. The second-order valence-electron chi connectivity index (χ2n) is 12.8. The second kappa shape index (κ2) is 19.1. The highest BCUT2D eigenvalue weighted by molar-refractivity contribution is 6.18. The molecule has 5 heteroatoms. The summed E-state index contributed by atoms with van der Waals surface area (Å²) in [4.78, 5) is 11.5. The second-order valence-corrected chi connectivity index (χ2v) is 12.8. The van der Waals surface area contributed by atoms with E-state index in [0.717, 1.165) is 40.0 Å². The molecule has 0 amide bonds. The van der Waals surface area contributed by atoms with Gasteiger partial charge in [-0.15, -0.1) is 13.2 Å². The molecule has 1 unspecified atom stereocenters. The monoisotopic (exact) mass is 634 g/mol. The fourth-order valence-electron chi connectivity index (χ4n) is 4.08. The SMILES string of the molecule is C=C(C)C.C=C(C)CC.C=Cc1ccc(C(C)NC(=C)C(=C)/C=C(\C)C(C)(C)NCc2cccc(CNC3=C(N)C(=O)C3=C)c2)cc1. The summed E-state index contributed by atoms with van der Waals surface area (Å²) in [6, 6.07) is 16.7. The topological polar surface area (TPSA) is 79.2 Å². The van der Waals surface area contributed by atoms with E-state index in [-0.39, 0.29) is 23.1 Å². The van der Waals surface area contributed by atoms with Crippen molar-refractivity contribution in [2.45, 2.75) is 86.5 Å². The lowest BCUT2D eigenvalue weighted by Gasteiger charge is -2.29. The van der Waals surface area contributed by atoms with Gasteiger partial charge in [0.25, 0.3) is 0 Å². The molecule has 5 N–H and O–H groups in total. The predicted molar refractivity (Wildman–Crippen MR) is 205 cm³/mol. The summed E-state index contributed by atoms with van der Waals surface area (Å²) in [7, 11) is 0. The molecule has 252 valence electrons. The molecule has 0 heterocycles. The Morgan fingerprint density at radius 3 is 1.98 bits per heavy atom. The normalized spacial score (nSPS) is 13.1. The first-order valence-corrected chi connectivity index (χ1v) is 16.1. The summed E-state index contributed by atoms with van der Waals surface area (Å²) in [5.74, 6) is -0.175. The third-order valence-electron chi connectivity index (χ3n) is 7.72. The molecule has 0 spiro atoms. The van der Waals surface area contributed by atoms with Gasteiger partial charge in [0.1, 0.15) is 5.70 Å². The molecule has 0 radical (unpaired) electrons. The molecule has 1 aliphatic carbocycles. The van der Waals surface area contributed by atoms with E-state index in [2.05, 4.69) is 133 Å². The Morgan fingerprint density at radius 1 is 0.957 bits per heavy atom. The molecule has 0 aromatic heterocycles. The lowest BCUT2D eigenvalue weighted by atomic mass is 9.92. The zero-order valence-electron chi connectivity index (χ0n) is 30.2. The number of hydrogen-bond acceptors (Lipinski definition) is 5. The molecule has 47 heavy (non-hydrogen) atoms. The van der Waals surface area contributed by atoms with E-state index in [1.165, 1.54) is 16.7 Å². The molecule has 0 saturated heterocycles. The first-order chi connectivity index (χ1) is 21.9. The molecule has 1 atom stereocenters. The van der Waals surface area contributed by atoms with Crippen LogP contribution in [0.2, 0.25) is 0 Å². The smallest absolute Gasteiger partial charge is 0.212 e. The number of rotatable bonds is 14. The molecule has 2 aromatic rings. The molecule has 0 saturated carbocycles. The fraction of sp³-hybridized carbons (Fsp3) is 0.310. The lowest BCUT2D eigenvalue weighted by molar-refractivity contribution is -0.113. The summed E-state index contributed by atoms with van der Waals surface area (Å²) < 4.78 is 0. The summed E-state index contributed by atoms with van der Waals surface area (Å²) >= 11 is 0. The number of benzene rings is 2. The van der Waals surface area contributed by atoms with E-state index in [9.17, 15) is 4.79 Å².